The zero-order valence-corrected chi connectivity index (χ0v) is 8.58. The van der Waals surface area contributed by atoms with Gasteiger partial charge in [0.15, 0.2) is 0 Å². The Bertz CT molecular complexity index is 198. The first-order chi connectivity index (χ1) is 5.92. The van der Waals surface area contributed by atoms with E-state index in [0.29, 0.717) is 19.8 Å². The predicted octanol–water partition coefficient (Wildman–Crippen LogP) is -0.121. The molecule has 1 amide bonds. The summed E-state index contributed by atoms with van der Waals surface area (Å²) in [7, 11) is 0. The number of nitrogens with zero attached hydrogens (tertiary/aromatic N) is 2. The molecule has 0 atom stereocenters. The fraction of sp³-hybridized carbons (Fsp3) is 0.889. The average molecular weight is 186 g/mol. The van der Waals surface area contributed by atoms with Crippen LogP contribution in [0.3, 0.4) is 0 Å². The van der Waals surface area contributed by atoms with Crippen molar-refractivity contribution in [2.45, 2.75) is 26.4 Å². The van der Waals surface area contributed by atoms with Crippen LogP contribution in [0.2, 0.25) is 0 Å². The van der Waals surface area contributed by atoms with Gasteiger partial charge in [-0.15, -0.1) is 0 Å². The highest BCUT2D eigenvalue weighted by Crippen LogP contribution is 2.11. The molecule has 1 heterocycles. The van der Waals surface area contributed by atoms with Gasteiger partial charge in [0, 0.05) is 13.1 Å². The monoisotopic (exact) mass is 186 g/mol. The highest BCUT2D eigenvalue weighted by atomic mass is 16.3. The minimum Gasteiger partial charge on any atom is -0.389 e. The summed E-state index contributed by atoms with van der Waals surface area (Å²) in [5.41, 5.74) is -0.718. The first-order valence-corrected chi connectivity index (χ1v) is 4.65. The molecule has 0 spiro atoms. The van der Waals surface area contributed by atoms with Gasteiger partial charge in [-0.25, -0.2) is 0 Å². The van der Waals surface area contributed by atoms with Crippen LogP contribution in [0.25, 0.3) is 0 Å². The van der Waals surface area contributed by atoms with E-state index in [1.54, 1.807) is 18.7 Å². The summed E-state index contributed by atoms with van der Waals surface area (Å²) in [5, 5.41) is 9.55. The zero-order valence-electron chi connectivity index (χ0n) is 8.58. The standard InChI is InChI=1S/C9H18N2O2/c1-4-11-7-10(5-8(11)12)6-9(2,3)13/h13H,4-7H2,1-3H3. The normalized spacial score (nSPS) is 20.0. The van der Waals surface area contributed by atoms with Crippen LogP contribution >= 0.6 is 0 Å². The molecule has 0 aromatic rings. The molecule has 0 saturated carbocycles. The third-order valence-corrected chi connectivity index (χ3v) is 2.07. The van der Waals surface area contributed by atoms with Gasteiger partial charge < -0.3 is 10.0 Å². The number of hydrogen-bond acceptors (Lipinski definition) is 3. The molecule has 0 radical (unpaired) electrons. The van der Waals surface area contributed by atoms with Crippen LogP contribution in [0.4, 0.5) is 0 Å². The molecule has 0 aromatic carbocycles. The van der Waals surface area contributed by atoms with Crippen LogP contribution < -0.4 is 0 Å². The predicted molar refractivity (Wildman–Crippen MR) is 50.1 cm³/mol. The number of likely N-dealkylation sites (N-methyl/N-ethyl adjacent to an activating group) is 1. The Hall–Kier alpha value is -0.610. The van der Waals surface area contributed by atoms with E-state index in [-0.39, 0.29) is 5.91 Å². The Labute approximate surface area is 79.1 Å². The lowest BCUT2D eigenvalue weighted by atomic mass is 10.1. The van der Waals surface area contributed by atoms with Crippen molar-refractivity contribution in [2.24, 2.45) is 0 Å². The summed E-state index contributed by atoms with van der Waals surface area (Å²) in [4.78, 5) is 15.1. The quantitative estimate of drug-likeness (QED) is 0.668. The Morgan fingerprint density at radius 1 is 1.54 bits per heavy atom. The van der Waals surface area contributed by atoms with Gasteiger partial charge in [0.2, 0.25) is 5.91 Å². The first-order valence-electron chi connectivity index (χ1n) is 4.65. The van der Waals surface area contributed by atoms with Crippen molar-refractivity contribution in [2.75, 3.05) is 26.3 Å². The Kier molecular flexibility index (Phi) is 2.93. The van der Waals surface area contributed by atoms with Crippen molar-refractivity contribution in [3.05, 3.63) is 0 Å². The van der Waals surface area contributed by atoms with E-state index in [0.717, 1.165) is 6.54 Å². The van der Waals surface area contributed by atoms with Crippen LogP contribution in [-0.2, 0) is 4.79 Å². The van der Waals surface area contributed by atoms with Gasteiger partial charge in [0.05, 0.1) is 18.8 Å². The van der Waals surface area contributed by atoms with Gasteiger partial charge in [0.25, 0.3) is 0 Å². The van der Waals surface area contributed by atoms with Gasteiger partial charge in [-0.05, 0) is 20.8 Å². The van der Waals surface area contributed by atoms with E-state index < -0.39 is 5.60 Å². The summed E-state index contributed by atoms with van der Waals surface area (Å²) in [6.45, 7) is 7.87. The van der Waals surface area contributed by atoms with Gasteiger partial charge in [-0.1, -0.05) is 0 Å². The van der Waals surface area contributed by atoms with E-state index in [1.165, 1.54) is 0 Å². The molecule has 0 aliphatic carbocycles. The molecule has 1 rings (SSSR count). The van der Waals surface area contributed by atoms with Crippen LogP contribution in [0.1, 0.15) is 20.8 Å². The second-order valence-corrected chi connectivity index (χ2v) is 4.19. The minimum atomic E-state index is -0.718. The second-order valence-electron chi connectivity index (χ2n) is 4.19. The minimum absolute atomic E-state index is 0.159. The lowest BCUT2D eigenvalue weighted by molar-refractivity contribution is -0.126. The first kappa shape index (κ1) is 10.5. The summed E-state index contributed by atoms with van der Waals surface area (Å²) < 4.78 is 0. The van der Waals surface area contributed by atoms with E-state index in [1.807, 2.05) is 11.8 Å². The van der Waals surface area contributed by atoms with E-state index in [9.17, 15) is 9.90 Å². The molecular weight excluding hydrogens is 168 g/mol. The van der Waals surface area contributed by atoms with Gasteiger partial charge >= 0.3 is 0 Å². The second kappa shape index (κ2) is 3.64. The van der Waals surface area contributed by atoms with Crippen molar-refractivity contribution in [3.8, 4) is 0 Å². The fourth-order valence-electron chi connectivity index (χ4n) is 1.59. The van der Waals surface area contributed by atoms with Crippen molar-refractivity contribution < 1.29 is 9.90 Å². The number of rotatable bonds is 3. The fourth-order valence-corrected chi connectivity index (χ4v) is 1.59. The third-order valence-electron chi connectivity index (χ3n) is 2.07. The van der Waals surface area contributed by atoms with Crippen LogP contribution in [0.5, 0.6) is 0 Å². The molecule has 4 heteroatoms. The molecule has 1 N–H and O–H groups in total. The van der Waals surface area contributed by atoms with Crippen molar-refractivity contribution in [3.63, 3.8) is 0 Å². The number of carbonyl (C=O) groups is 1. The molecule has 0 aromatic heterocycles. The zero-order chi connectivity index (χ0) is 10.1. The van der Waals surface area contributed by atoms with Crippen LogP contribution in [0, 0.1) is 0 Å². The van der Waals surface area contributed by atoms with Crippen molar-refractivity contribution in [1.29, 1.82) is 0 Å². The summed E-state index contributed by atoms with van der Waals surface area (Å²) in [6.07, 6.45) is 0. The number of carbonyl (C=O) groups excluding carboxylic acids is 1. The SMILES string of the molecule is CCN1CN(CC(C)(C)O)CC1=O. The topological polar surface area (TPSA) is 43.8 Å². The molecule has 0 unspecified atom stereocenters. The van der Waals surface area contributed by atoms with E-state index in [4.69, 9.17) is 0 Å². The Balaban J connectivity index is 2.45. The largest absolute Gasteiger partial charge is 0.389 e. The highest BCUT2D eigenvalue weighted by molar-refractivity contribution is 5.79. The molecule has 1 aliphatic rings. The maximum Gasteiger partial charge on any atom is 0.237 e. The third kappa shape index (κ3) is 2.97. The smallest absolute Gasteiger partial charge is 0.237 e. The van der Waals surface area contributed by atoms with Crippen LogP contribution in [0.15, 0.2) is 0 Å². The lowest BCUT2D eigenvalue weighted by Crippen LogP contribution is -2.38. The Morgan fingerprint density at radius 2 is 2.15 bits per heavy atom. The van der Waals surface area contributed by atoms with E-state index >= 15 is 0 Å². The molecular formula is C9H18N2O2. The van der Waals surface area contributed by atoms with Crippen molar-refractivity contribution in [1.82, 2.24) is 9.80 Å². The van der Waals surface area contributed by atoms with Crippen molar-refractivity contribution >= 4 is 5.91 Å². The van der Waals surface area contributed by atoms with Gasteiger partial charge in [-0.3, -0.25) is 9.69 Å². The number of hydrogen-bond donors (Lipinski definition) is 1. The number of β-amino-alcohol motifs (C(OH)–C–C–N with tert-alkyl or cyclic N) is 1. The molecule has 4 nitrogen and oxygen atoms in total. The van der Waals surface area contributed by atoms with Gasteiger partial charge in [0.1, 0.15) is 0 Å². The summed E-state index contributed by atoms with van der Waals surface area (Å²) in [6, 6.07) is 0. The highest BCUT2D eigenvalue weighted by Gasteiger charge is 2.29. The summed E-state index contributed by atoms with van der Waals surface area (Å²) in [5.74, 6) is 0.159. The molecule has 76 valence electrons. The maximum absolute atomic E-state index is 11.3. The number of amides is 1. The average Bonchev–Trinajstić information content (AvgIpc) is 2.26. The molecule has 1 fully saturated rings. The molecule has 1 saturated heterocycles. The molecule has 13 heavy (non-hydrogen) atoms. The van der Waals surface area contributed by atoms with E-state index in [2.05, 4.69) is 0 Å². The lowest BCUT2D eigenvalue weighted by Gasteiger charge is -2.24. The van der Waals surface area contributed by atoms with Gasteiger partial charge in [-0.2, -0.15) is 0 Å². The summed E-state index contributed by atoms with van der Waals surface area (Å²) >= 11 is 0. The Morgan fingerprint density at radius 3 is 2.54 bits per heavy atom. The molecule has 0 bridgehead atoms. The molecule has 1 aliphatic heterocycles. The van der Waals surface area contributed by atoms with Crippen LogP contribution in [-0.4, -0.2) is 52.7 Å². The maximum atomic E-state index is 11.3. The number of aliphatic hydroxyl groups is 1.